The zero-order chi connectivity index (χ0) is 7.58. The van der Waals surface area contributed by atoms with E-state index >= 15 is 0 Å². The maximum atomic E-state index is 8.38. The molecular formula is CCaO5Ti. The minimum absolute atomic E-state index is 0.125. The summed E-state index contributed by atoms with van der Waals surface area (Å²) < 4.78 is 16.6. The Hall–Kier alpha value is 0.844. The van der Waals surface area contributed by atoms with Gasteiger partial charge in [-0.25, -0.2) is 0 Å². The molecule has 0 aromatic carbocycles. The van der Waals surface area contributed by atoms with E-state index in [1.807, 2.05) is 0 Å². The van der Waals surface area contributed by atoms with Crippen LogP contribution in [0.4, 0.5) is 4.79 Å². The Balaban J connectivity index is -0.0000000542. The second-order valence-corrected chi connectivity index (χ2v) is 0.250. The van der Waals surface area contributed by atoms with Gasteiger partial charge in [-0.2, -0.15) is 0 Å². The van der Waals surface area contributed by atoms with Gasteiger partial charge in [0.15, 0.2) is 0 Å². The molecule has 0 aliphatic rings. The Morgan fingerprint density at radius 3 is 1.25 bits per heavy atom. The number of carbonyl (C=O) groups is 1. The van der Waals surface area contributed by atoms with Crippen LogP contribution in [0.2, 0.25) is 0 Å². The average Bonchev–Trinajstić information content (AvgIpc) is 1.75. The summed E-state index contributed by atoms with van der Waals surface area (Å²) in [6.07, 6.45) is -2.33. The van der Waals surface area contributed by atoms with E-state index in [1.165, 1.54) is 0 Å². The molecule has 0 saturated carbocycles. The molecule has 0 aromatic heterocycles. The molecule has 40 valence electrons. The summed E-state index contributed by atoms with van der Waals surface area (Å²) in [5, 5.41) is 16.7. The fraction of sp³-hybridized carbons (Fsp3) is 0. The number of carboxylic acid groups (broad SMARTS) is 2. The molecule has 0 atom stereocenters. The van der Waals surface area contributed by atoms with Gasteiger partial charge in [0.25, 0.3) is 0 Å². The maximum absolute atomic E-state index is 8.38. The van der Waals surface area contributed by atoms with E-state index in [-0.39, 0.29) is 35.9 Å². The van der Waals surface area contributed by atoms with Crippen molar-refractivity contribution in [1.29, 1.82) is 0 Å². The molecule has 0 fully saturated rings. The van der Waals surface area contributed by atoms with Crippen LogP contribution in [-0.2, 0) is 25.2 Å². The second kappa shape index (κ2) is 24.9. The van der Waals surface area contributed by atoms with Crippen LogP contribution in [0, 0.1) is 0 Å². The van der Waals surface area contributed by atoms with Crippen molar-refractivity contribution >= 4 is 42.0 Å². The number of hydrogen-bond donors (Lipinski definition) is 0. The third-order valence-corrected chi connectivity index (χ3v) is 0. The predicted octanol–water partition coefficient (Wildman–Crippen LogP) is -3.07. The van der Waals surface area contributed by atoms with Gasteiger partial charge in [-0.15, -0.1) is 0 Å². The van der Waals surface area contributed by atoms with E-state index in [4.69, 9.17) is 19.8 Å². The van der Waals surface area contributed by atoms with Crippen molar-refractivity contribution in [3.05, 3.63) is 0 Å². The fourth-order valence-corrected chi connectivity index (χ4v) is 0. The van der Waals surface area contributed by atoms with Crippen LogP contribution in [0.3, 0.4) is 0 Å². The number of rotatable bonds is 0. The first-order chi connectivity index (χ1) is 3.73. The van der Waals surface area contributed by atoms with Crippen LogP contribution >= 0.6 is 0 Å². The van der Waals surface area contributed by atoms with Gasteiger partial charge in [-0.1, -0.05) is 0 Å². The van der Waals surface area contributed by atoms with Crippen LogP contribution < -0.4 is 10.2 Å². The SMILES string of the molecule is O=C([O-])[O-].[O]=[Ca].[O]=[Ti+2]. The summed E-state index contributed by atoms with van der Waals surface area (Å²) in [5.41, 5.74) is 0. The van der Waals surface area contributed by atoms with Crippen LogP contribution in [0.5, 0.6) is 0 Å². The van der Waals surface area contributed by atoms with E-state index in [0.717, 1.165) is 20.4 Å². The van der Waals surface area contributed by atoms with Gasteiger partial charge >= 0.3 is 61.0 Å². The van der Waals surface area contributed by atoms with Gasteiger partial charge in [0.1, 0.15) is 0 Å². The zero-order valence-electron chi connectivity index (χ0n) is 3.75. The molecule has 0 aromatic rings. The van der Waals surface area contributed by atoms with Gasteiger partial charge in [0, 0.05) is 0 Å². The van der Waals surface area contributed by atoms with E-state index in [9.17, 15) is 0 Å². The normalized spacial score (nSPS) is 4.50. The van der Waals surface area contributed by atoms with Gasteiger partial charge in [0.2, 0.25) is 0 Å². The number of carbonyl (C=O) groups excluding carboxylic acids is 1. The standard InChI is InChI=1S/CH2O3.Ca.2O.Ti/c2-1(3)4;;;;/h(H2,2,3,4);;;;/q;;;;+2/p-2. The van der Waals surface area contributed by atoms with Crippen LogP contribution in [0.15, 0.2) is 0 Å². The fourth-order valence-electron chi connectivity index (χ4n) is 0. The quantitative estimate of drug-likeness (QED) is 0.368. The molecule has 8 heavy (non-hydrogen) atoms. The zero-order valence-corrected chi connectivity index (χ0v) is 7.52. The molecule has 0 radical (unpaired) electrons. The van der Waals surface area contributed by atoms with E-state index in [1.54, 1.807) is 0 Å². The second-order valence-electron chi connectivity index (χ2n) is 0.250. The predicted molar refractivity (Wildman–Crippen MR) is 12.5 cm³/mol. The molecule has 7 heteroatoms. The molecule has 0 saturated heterocycles. The van der Waals surface area contributed by atoms with Crippen molar-refractivity contribution in [2.75, 3.05) is 0 Å². The first kappa shape index (κ1) is 15.9. The molecule has 0 bridgehead atoms. The number of hydrogen-bond acceptors (Lipinski definition) is 5. The third kappa shape index (κ3) is 328. The Labute approximate surface area is 81.2 Å². The molecular weight excluding hydrogens is 180 g/mol. The van der Waals surface area contributed by atoms with E-state index < -0.39 is 6.16 Å². The summed E-state index contributed by atoms with van der Waals surface area (Å²) in [6, 6.07) is 0. The Kier molecular flexibility index (Phi) is 49.5. The molecule has 0 rings (SSSR count). The average molecular weight is 180 g/mol. The van der Waals surface area contributed by atoms with Gasteiger partial charge < -0.3 is 15.0 Å². The van der Waals surface area contributed by atoms with Crippen LogP contribution in [0.1, 0.15) is 0 Å². The molecule has 0 spiro atoms. The molecule has 0 amide bonds. The summed E-state index contributed by atoms with van der Waals surface area (Å²) in [6.45, 7) is 0. The topological polar surface area (TPSA) is 97.3 Å². The molecule has 0 heterocycles. The van der Waals surface area contributed by atoms with Crippen molar-refractivity contribution in [2.45, 2.75) is 0 Å². The Bertz CT molecular complexity index is 50.4. The third-order valence-electron chi connectivity index (χ3n) is 0. The summed E-state index contributed by atoms with van der Waals surface area (Å²) in [4.78, 5) is 8.33. The van der Waals surface area contributed by atoms with E-state index in [0.29, 0.717) is 0 Å². The van der Waals surface area contributed by atoms with Crippen LogP contribution in [0.25, 0.3) is 0 Å². The summed E-state index contributed by atoms with van der Waals surface area (Å²) in [5.74, 6) is 0. The van der Waals surface area contributed by atoms with Crippen molar-refractivity contribution < 1.29 is 40.2 Å². The molecule has 0 unspecified atom stereocenters. The molecule has 0 aliphatic carbocycles. The minimum atomic E-state index is -2.33. The van der Waals surface area contributed by atoms with Gasteiger partial charge in [-0.05, 0) is 6.16 Å². The first-order valence-corrected chi connectivity index (χ1v) is 2.64. The Morgan fingerprint density at radius 2 is 1.25 bits per heavy atom. The van der Waals surface area contributed by atoms with Crippen molar-refractivity contribution in [2.24, 2.45) is 0 Å². The van der Waals surface area contributed by atoms with Gasteiger partial charge in [0.05, 0.1) is 0 Å². The van der Waals surface area contributed by atoms with Gasteiger partial charge in [-0.3, -0.25) is 0 Å². The summed E-state index contributed by atoms with van der Waals surface area (Å²) in [7, 11) is 0. The van der Waals surface area contributed by atoms with Crippen molar-refractivity contribution in [3.63, 3.8) is 0 Å². The first-order valence-electron chi connectivity index (χ1n) is 1.11. The molecule has 0 aliphatic heterocycles. The monoisotopic (exact) mass is 180 g/mol. The van der Waals surface area contributed by atoms with Crippen molar-refractivity contribution in [1.82, 2.24) is 0 Å². The van der Waals surface area contributed by atoms with E-state index in [2.05, 4.69) is 0 Å². The summed E-state index contributed by atoms with van der Waals surface area (Å²) >= 11 is 0.875. The molecule has 0 N–H and O–H groups in total. The van der Waals surface area contributed by atoms with Crippen molar-refractivity contribution in [3.8, 4) is 0 Å². The Morgan fingerprint density at radius 1 is 1.25 bits per heavy atom. The van der Waals surface area contributed by atoms with Crippen LogP contribution in [-0.4, -0.2) is 42.0 Å². The molecule has 5 nitrogen and oxygen atoms in total.